The Kier molecular flexibility index (Phi) is 5.24. The van der Waals surface area contributed by atoms with Crippen LogP contribution in [0.15, 0.2) is 48.5 Å². The van der Waals surface area contributed by atoms with E-state index in [0.717, 1.165) is 11.4 Å². The lowest BCUT2D eigenvalue weighted by molar-refractivity contribution is -0.122. The van der Waals surface area contributed by atoms with E-state index in [0.29, 0.717) is 23.9 Å². The lowest BCUT2D eigenvalue weighted by Gasteiger charge is -2.17. The Morgan fingerprint density at radius 2 is 2.04 bits per heavy atom. The van der Waals surface area contributed by atoms with Crippen LogP contribution in [0.1, 0.15) is 13.3 Å². The van der Waals surface area contributed by atoms with Gasteiger partial charge in [0.1, 0.15) is 5.75 Å². The van der Waals surface area contributed by atoms with Crippen LogP contribution >= 0.6 is 11.6 Å². The van der Waals surface area contributed by atoms with Crippen LogP contribution in [0.5, 0.6) is 5.75 Å². The zero-order chi connectivity index (χ0) is 17.8. The molecule has 2 aromatic carbocycles. The zero-order valence-electron chi connectivity index (χ0n) is 13.9. The molecule has 0 bridgehead atoms. The quantitative estimate of drug-likeness (QED) is 0.886. The Balaban J connectivity index is 1.66. The van der Waals surface area contributed by atoms with E-state index in [9.17, 15) is 9.59 Å². The molecular formula is C19H19ClN2O3. The van der Waals surface area contributed by atoms with Gasteiger partial charge in [0.25, 0.3) is 0 Å². The number of nitrogens with zero attached hydrogens (tertiary/aromatic N) is 1. The molecule has 1 N–H and O–H groups in total. The Hall–Kier alpha value is -2.53. The van der Waals surface area contributed by atoms with Gasteiger partial charge in [-0.15, -0.1) is 0 Å². The van der Waals surface area contributed by atoms with Crippen LogP contribution in [-0.4, -0.2) is 25.0 Å². The van der Waals surface area contributed by atoms with Crippen LogP contribution in [0.4, 0.5) is 11.4 Å². The summed E-state index contributed by atoms with van der Waals surface area (Å²) in [4.78, 5) is 26.4. The smallest absolute Gasteiger partial charge is 0.229 e. The van der Waals surface area contributed by atoms with Gasteiger partial charge in [0.2, 0.25) is 11.8 Å². The summed E-state index contributed by atoms with van der Waals surface area (Å²) in [5.41, 5.74) is 1.40. The molecule has 0 aromatic heterocycles. The van der Waals surface area contributed by atoms with Gasteiger partial charge in [-0.25, -0.2) is 0 Å². The van der Waals surface area contributed by atoms with Crippen LogP contribution in [0.2, 0.25) is 5.02 Å². The van der Waals surface area contributed by atoms with E-state index in [2.05, 4.69) is 5.32 Å². The van der Waals surface area contributed by atoms with Crippen LogP contribution in [0.25, 0.3) is 0 Å². The maximum Gasteiger partial charge on any atom is 0.229 e. The number of anilines is 2. The number of ether oxygens (including phenoxy) is 1. The summed E-state index contributed by atoms with van der Waals surface area (Å²) in [6.45, 7) is 2.87. The van der Waals surface area contributed by atoms with E-state index in [1.54, 1.807) is 29.2 Å². The largest absolute Gasteiger partial charge is 0.494 e. The van der Waals surface area contributed by atoms with Crippen molar-refractivity contribution < 1.29 is 14.3 Å². The molecule has 1 unspecified atom stereocenters. The molecule has 0 saturated carbocycles. The fraction of sp³-hybridized carbons (Fsp3) is 0.263. The van der Waals surface area contributed by atoms with Gasteiger partial charge in [0.15, 0.2) is 0 Å². The molecule has 1 saturated heterocycles. The van der Waals surface area contributed by atoms with Crippen molar-refractivity contribution in [3.63, 3.8) is 0 Å². The molecule has 2 aromatic rings. The first-order valence-corrected chi connectivity index (χ1v) is 8.54. The summed E-state index contributed by atoms with van der Waals surface area (Å²) >= 11 is 5.93. The third kappa shape index (κ3) is 4.12. The number of carbonyl (C=O) groups excluding carboxylic acids is 2. The maximum absolute atomic E-state index is 12.4. The number of benzene rings is 2. The SMILES string of the molecule is CCOc1ccc(N2CC(C(=O)Nc3cccc(Cl)c3)CC2=O)cc1. The van der Waals surface area contributed by atoms with E-state index in [4.69, 9.17) is 16.3 Å². The number of amides is 2. The van der Waals surface area contributed by atoms with Crippen LogP contribution in [0.3, 0.4) is 0 Å². The van der Waals surface area contributed by atoms with Crippen molar-refractivity contribution in [3.05, 3.63) is 53.6 Å². The topological polar surface area (TPSA) is 58.6 Å². The highest BCUT2D eigenvalue weighted by atomic mass is 35.5. The number of hydrogen-bond acceptors (Lipinski definition) is 3. The molecule has 1 heterocycles. The van der Waals surface area contributed by atoms with E-state index in [-0.39, 0.29) is 18.2 Å². The van der Waals surface area contributed by atoms with Gasteiger partial charge in [-0.1, -0.05) is 17.7 Å². The first-order chi connectivity index (χ1) is 12.1. The summed E-state index contributed by atoms with van der Waals surface area (Å²) in [5.74, 6) is 0.130. The van der Waals surface area contributed by atoms with E-state index in [1.165, 1.54) is 0 Å². The Morgan fingerprint density at radius 3 is 2.72 bits per heavy atom. The predicted octanol–water partition coefficient (Wildman–Crippen LogP) is 3.73. The van der Waals surface area contributed by atoms with Gasteiger partial charge in [-0.3, -0.25) is 9.59 Å². The van der Waals surface area contributed by atoms with Crippen molar-refractivity contribution in [1.29, 1.82) is 0 Å². The highest BCUT2D eigenvalue weighted by Gasteiger charge is 2.35. The van der Waals surface area contributed by atoms with Crippen molar-refractivity contribution in [2.24, 2.45) is 5.92 Å². The number of hydrogen-bond donors (Lipinski definition) is 1. The second-order valence-electron chi connectivity index (χ2n) is 5.83. The number of halogens is 1. The van der Waals surface area contributed by atoms with Gasteiger partial charge in [0.05, 0.1) is 12.5 Å². The van der Waals surface area contributed by atoms with Gasteiger partial charge in [-0.05, 0) is 49.4 Å². The molecule has 1 atom stereocenters. The third-order valence-corrected chi connectivity index (χ3v) is 4.28. The van der Waals surface area contributed by atoms with E-state index >= 15 is 0 Å². The van der Waals surface area contributed by atoms with Crippen molar-refractivity contribution in [3.8, 4) is 5.75 Å². The number of nitrogens with one attached hydrogen (secondary N) is 1. The molecule has 0 radical (unpaired) electrons. The minimum absolute atomic E-state index is 0.0598. The van der Waals surface area contributed by atoms with Gasteiger partial charge in [0, 0.05) is 29.4 Å². The van der Waals surface area contributed by atoms with Crippen LogP contribution < -0.4 is 15.0 Å². The lowest BCUT2D eigenvalue weighted by Crippen LogP contribution is -2.28. The fourth-order valence-corrected chi connectivity index (χ4v) is 3.02. The highest BCUT2D eigenvalue weighted by Crippen LogP contribution is 2.28. The Bertz CT molecular complexity index is 776. The summed E-state index contributed by atoms with van der Waals surface area (Å²) in [7, 11) is 0. The molecule has 2 amide bonds. The standard InChI is InChI=1S/C19H19ClN2O3/c1-2-25-17-8-6-16(7-9-17)22-12-13(10-18(22)23)19(24)21-15-5-3-4-14(20)11-15/h3-9,11,13H,2,10,12H2,1H3,(H,21,24). The monoisotopic (exact) mass is 358 g/mol. The average molecular weight is 359 g/mol. The van der Waals surface area contributed by atoms with Crippen LogP contribution in [0, 0.1) is 5.92 Å². The Morgan fingerprint density at radius 1 is 1.28 bits per heavy atom. The maximum atomic E-state index is 12.4. The summed E-state index contributed by atoms with van der Waals surface area (Å²) in [5, 5.41) is 3.37. The van der Waals surface area contributed by atoms with Crippen molar-refractivity contribution in [2.75, 3.05) is 23.4 Å². The molecule has 3 rings (SSSR count). The Labute approximate surface area is 151 Å². The van der Waals surface area contributed by atoms with Crippen LogP contribution in [-0.2, 0) is 9.59 Å². The molecule has 130 valence electrons. The van der Waals surface area contributed by atoms with Gasteiger partial charge < -0.3 is 15.0 Å². The molecule has 25 heavy (non-hydrogen) atoms. The predicted molar refractivity (Wildman–Crippen MR) is 98.2 cm³/mol. The molecule has 1 aliphatic rings. The molecule has 1 aliphatic heterocycles. The van der Waals surface area contributed by atoms with Crippen molar-refractivity contribution in [1.82, 2.24) is 0 Å². The van der Waals surface area contributed by atoms with Crippen molar-refractivity contribution in [2.45, 2.75) is 13.3 Å². The highest BCUT2D eigenvalue weighted by molar-refractivity contribution is 6.30. The summed E-state index contributed by atoms with van der Waals surface area (Å²) in [6.07, 6.45) is 0.194. The number of rotatable bonds is 5. The molecule has 6 heteroatoms. The molecule has 0 aliphatic carbocycles. The minimum atomic E-state index is -0.391. The first kappa shape index (κ1) is 17.3. The fourth-order valence-electron chi connectivity index (χ4n) is 2.83. The van der Waals surface area contributed by atoms with Gasteiger partial charge >= 0.3 is 0 Å². The number of carbonyl (C=O) groups is 2. The second-order valence-corrected chi connectivity index (χ2v) is 6.27. The molecule has 5 nitrogen and oxygen atoms in total. The summed E-state index contributed by atoms with van der Waals surface area (Å²) < 4.78 is 5.41. The molecule has 1 fully saturated rings. The normalized spacial score (nSPS) is 16.8. The third-order valence-electron chi connectivity index (χ3n) is 4.05. The second kappa shape index (κ2) is 7.57. The summed E-state index contributed by atoms with van der Waals surface area (Å²) in [6, 6.07) is 14.3. The lowest BCUT2D eigenvalue weighted by atomic mass is 10.1. The van der Waals surface area contributed by atoms with E-state index < -0.39 is 5.92 Å². The van der Waals surface area contributed by atoms with Crippen molar-refractivity contribution >= 4 is 34.8 Å². The zero-order valence-corrected chi connectivity index (χ0v) is 14.6. The molecular weight excluding hydrogens is 340 g/mol. The minimum Gasteiger partial charge on any atom is -0.494 e. The van der Waals surface area contributed by atoms with Gasteiger partial charge in [-0.2, -0.15) is 0 Å². The first-order valence-electron chi connectivity index (χ1n) is 8.16. The molecule has 0 spiro atoms. The van der Waals surface area contributed by atoms with E-state index in [1.807, 2.05) is 31.2 Å². The average Bonchev–Trinajstić information content (AvgIpc) is 2.98.